The highest BCUT2D eigenvalue weighted by Gasteiger charge is 2.24. The Morgan fingerprint density at radius 2 is 2.05 bits per heavy atom. The summed E-state index contributed by atoms with van der Waals surface area (Å²) in [5.41, 5.74) is 1.14. The summed E-state index contributed by atoms with van der Waals surface area (Å²) in [6.07, 6.45) is 5.79. The first-order valence-corrected chi connectivity index (χ1v) is 8.10. The molecule has 0 amide bonds. The number of hydrogen-bond donors (Lipinski definition) is 1. The third kappa shape index (κ3) is 4.29. The second-order valence-corrected chi connectivity index (χ2v) is 6.11. The maximum atomic E-state index is 4.44. The van der Waals surface area contributed by atoms with Crippen molar-refractivity contribution in [2.75, 3.05) is 19.6 Å². The van der Waals surface area contributed by atoms with Gasteiger partial charge in [0.1, 0.15) is 0 Å². The van der Waals surface area contributed by atoms with Crippen LogP contribution in [0.5, 0.6) is 0 Å². The van der Waals surface area contributed by atoms with Crippen LogP contribution in [0.25, 0.3) is 0 Å². The minimum absolute atomic E-state index is 0.333. The summed E-state index contributed by atoms with van der Waals surface area (Å²) in [6.45, 7) is 10.6. The summed E-state index contributed by atoms with van der Waals surface area (Å²) in [6, 6.07) is 7.04. The summed E-state index contributed by atoms with van der Waals surface area (Å²) in [5.74, 6) is 0.800. The summed E-state index contributed by atoms with van der Waals surface area (Å²) < 4.78 is 0. The molecule has 1 aliphatic heterocycles. The van der Waals surface area contributed by atoms with Gasteiger partial charge >= 0.3 is 0 Å². The van der Waals surface area contributed by atoms with E-state index in [1.54, 1.807) is 0 Å². The minimum atomic E-state index is 0.333. The van der Waals surface area contributed by atoms with E-state index in [0.717, 1.165) is 11.6 Å². The summed E-state index contributed by atoms with van der Waals surface area (Å²) >= 11 is 0. The van der Waals surface area contributed by atoms with Gasteiger partial charge in [-0.3, -0.25) is 4.98 Å². The van der Waals surface area contributed by atoms with Crippen molar-refractivity contribution in [1.82, 2.24) is 15.2 Å². The van der Waals surface area contributed by atoms with Crippen molar-refractivity contribution < 1.29 is 0 Å². The molecule has 0 aromatic carbocycles. The average Bonchev–Trinajstić information content (AvgIpc) is 2.49. The molecule has 2 atom stereocenters. The Balaban J connectivity index is 1.79. The molecule has 3 heteroatoms. The summed E-state index contributed by atoms with van der Waals surface area (Å²) in [5, 5.41) is 3.73. The lowest BCUT2D eigenvalue weighted by molar-refractivity contribution is 0.159. The van der Waals surface area contributed by atoms with Gasteiger partial charge in [-0.15, -0.1) is 0 Å². The van der Waals surface area contributed by atoms with Crippen LogP contribution in [0.2, 0.25) is 0 Å². The molecule has 20 heavy (non-hydrogen) atoms. The van der Waals surface area contributed by atoms with Crippen molar-refractivity contribution in [2.45, 2.75) is 52.1 Å². The first kappa shape index (κ1) is 15.5. The van der Waals surface area contributed by atoms with E-state index in [0.29, 0.717) is 12.1 Å². The zero-order chi connectivity index (χ0) is 14.4. The van der Waals surface area contributed by atoms with Gasteiger partial charge in [-0.25, -0.2) is 0 Å². The zero-order valence-electron chi connectivity index (χ0n) is 13.2. The SMILES string of the molecule is CCCN1CCC(C(C)NC(C)c2ccccn2)CC1. The van der Waals surface area contributed by atoms with Crippen LogP contribution in [0.3, 0.4) is 0 Å². The molecule has 1 fully saturated rings. The zero-order valence-corrected chi connectivity index (χ0v) is 13.2. The van der Waals surface area contributed by atoms with E-state index in [1.165, 1.54) is 38.9 Å². The first-order chi connectivity index (χ1) is 9.70. The number of likely N-dealkylation sites (tertiary alicyclic amines) is 1. The van der Waals surface area contributed by atoms with Gasteiger partial charge in [-0.1, -0.05) is 13.0 Å². The molecule has 1 saturated heterocycles. The third-order valence-corrected chi connectivity index (χ3v) is 4.52. The molecule has 1 aliphatic rings. The second kappa shape index (κ2) is 7.75. The molecule has 112 valence electrons. The van der Waals surface area contributed by atoms with E-state index in [-0.39, 0.29) is 0 Å². The second-order valence-electron chi connectivity index (χ2n) is 6.11. The third-order valence-electron chi connectivity index (χ3n) is 4.52. The smallest absolute Gasteiger partial charge is 0.0570 e. The van der Waals surface area contributed by atoms with E-state index in [2.05, 4.69) is 48.1 Å². The molecular formula is C17H29N3. The molecule has 3 nitrogen and oxygen atoms in total. The van der Waals surface area contributed by atoms with Crippen molar-refractivity contribution >= 4 is 0 Å². The molecule has 1 N–H and O–H groups in total. The van der Waals surface area contributed by atoms with Crippen molar-refractivity contribution in [3.63, 3.8) is 0 Å². The number of rotatable bonds is 6. The lowest BCUT2D eigenvalue weighted by Gasteiger charge is -2.36. The largest absolute Gasteiger partial charge is 0.306 e. The van der Waals surface area contributed by atoms with Crippen LogP contribution in [-0.2, 0) is 0 Å². The average molecular weight is 275 g/mol. The van der Waals surface area contributed by atoms with Crippen LogP contribution in [0.4, 0.5) is 0 Å². The highest BCUT2D eigenvalue weighted by molar-refractivity contribution is 5.07. The lowest BCUT2D eigenvalue weighted by atomic mass is 9.89. The van der Waals surface area contributed by atoms with Crippen LogP contribution >= 0.6 is 0 Å². The highest BCUT2D eigenvalue weighted by atomic mass is 15.1. The van der Waals surface area contributed by atoms with Gasteiger partial charge < -0.3 is 10.2 Å². The molecule has 0 radical (unpaired) electrons. The van der Waals surface area contributed by atoms with E-state index in [9.17, 15) is 0 Å². The first-order valence-electron chi connectivity index (χ1n) is 8.10. The van der Waals surface area contributed by atoms with Crippen molar-refractivity contribution in [1.29, 1.82) is 0 Å². The fourth-order valence-electron chi connectivity index (χ4n) is 3.24. The van der Waals surface area contributed by atoms with Crippen molar-refractivity contribution in [2.24, 2.45) is 5.92 Å². The van der Waals surface area contributed by atoms with E-state index >= 15 is 0 Å². The van der Waals surface area contributed by atoms with Crippen molar-refractivity contribution in [3.05, 3.63) is 30.1 Å². The lowest BCUT2D eigenvalue weighted by Crippen LogP contribution is -2.42. The van der Waals surface area contributed by atoms with Crippen LogP contribution in [-0.4, -0.2) is 35.6 Å². The van der Waals surface area contributed by atoms with Crippen LogP contribution in [0, 0.1) is 5.92 Å². The fraction of sp³-hybridized carbons (Fsp3) is 0.706. The Kier molecular flexibility index (Phi) is 5.99. The Labute approximate surface area is 123 Å². The molecule has 0 bridgehead atoms. The van der Waals surface area contributed by atoms with Crippen LogP contribution in [0.1, 0.15) is 51.8 Å². The Morgan fingerprint density at radius 1 is 1.30 bits per heavy atom. The van der Waals surface area contributed by atoms with Crippen LogP contribution < -0.4 is 5.32 Å². The maximum Gasteiger partial charge on any atom is 0.0570 e. The fourth-order valence-corrected chi connectivity index (χ4v) is 3.24. The van der Waals surface area contributed by atoms with Gasteiger partial charge in [0.25, 0.3) is 0 Å². The maximum absolute atomic E-state index is 4.44. The van der Waals surface area contributed by atoms with Crippen LogP contribution in [0.15, 0.2) is 24.4 Å². The molecule has 1 aromatic rings. The molecule has 0 aliphatic carbocycles. The molecule has 2 rings (SSSR count). The molecule has 0 spiro atoms. The molecule has 2 heterocycles. The predicted molar refractivity (Wildman–Crippen MR) is 84.7 cm³/mol. The van der Waals surface area contributed by atoms with Gasteiger partial charge in [-0.05, 0) is 70.8 Å². The highest BCUT2D eigenvalue weighted by Crippen LogP contribution is 2.22. The molecule has 1 aromatic heterocycles. The normalized spacial score (nSPS) is 20.8. The Bertz CT molecular complexity index is 371. The Morgan fingerprint density at radius 3 is 2.65 bits per heavy atom. The number of nitrogens with zero attached hydrogens (tertiary/aromatic N) is 2. The predicted octanol–water partition coefficient (Wildman–Crippen LogP) is 3.24. The quantitative estimate of drug-likeness (QED) is 0.864. The summed E-state index contributed by atoms with van der Waals surface area (Å²) in [4.78, 5) is 7.05. The van der Waals surface area contributed by atoms with E-state index < -0.39 is 0 Å². The van der Waals surface area contributed by atoms with Gasteiger partial charge in [0.15, 0.2) is 0 Å². The minimum Gasteiger partial charge on any atom is -0.306 e. The topological polar surface area (TPSA) is 28.2 Å². The van der Waals surface area contributed by atoms with Gasteiger partial charge in [0, 0.05) is 18.3 Å². The van der Waals surface area contributed by atoms with Gasteiger partial charge in [-0.2, -0.15) is 0 Å². The summed E-state index contributed by atoms with van der Waals surface area (Å²) in [7, 11) is 0. The number of pyridine rings is 1. The molecule has 2 unspecified atom stereocenters. The number of piperidine rings is 1. The monoisotopic (exact) mass is 275 g/mol. The standard InChI is InChI=1S/C17H29N3/c1-4-11-20-12-8-16(9-13-20)14(2)19-15(3)17-7-5-6-10-18-17/h5-7,10,14-16,19H,4,8-9,11-13H2,1-3H3. The Hall–Kier alpha value is -0.930. The van der Waals surface area contributed by atoms with E-state index in [1.807, 2.05) is 12.3 Å². The molecular weight excluding hydrogens is 246 g/mol. The van der Waals surface area contributed by atoms with E-state index in [4.69, 9.17) is 0 Å². The van der Waals surface area contributed by atoms with Gasteiger partial charge in [0.2, 0.25) is 0 Å². The number of nitrogens with one attached hydrogen (secondary N) is 1. The number of hydrogen-bond acceptors (Lipinski definition) is 3. The van der Waals surface area contributed by atoms with Crippen molar-refractivity contribution in [3.8, 4) is 0 Å². The molecule has 0 saturated carbocycles. The van der Waals surface area contributed by atoms with Gasteiger partial charge in [0.05, 0.1) is 5.69 Å². The number of aromatic nitrogens is 1.